The SMILES string of the molecule is COc1c(C(C)(C)C)cc(C(=O)c2ccccc2O)cc1C(C)(C)C. The summed E-state index contributed by atoms with van der Waals surface area (Å²) >= 11 is 0. The van der Waals surface area contributed by atoms with E-state index in [9.17, 15) is 9.90 Å². The molecule has 0 aromatic heterocycles. The number of phenols is 1. The van der Waals surface area contributed by atoms with Crippen molar-refractivity contribution in [1.29, 1.82) is 0 Å². The number of carbonyl (C=O) groups excluding carboxylic acids is 1. The molecule has 0 saturated heterocycles. The molecule has 0 radical (unpaired) electrons. The monoisotopic (exact) mass is 340 g/mol. The number of hydrogen-bond acceptors (Lipinski definition) is 3. The maximum Gasteiger partial charge on any atom is 0.196 e. The maximum atomic E-state index is 13.0. The van der Waals surface area contributed by atoms with Crippen molar-refractivity contribution in [2.24, 2.45) is 0 Å². The second kappa shape index (κ2) is 6.55. The molecule has 2 rings (SSSR count). The molecule has 0 saturated carbocycles. The molecule has 3 nitrogen and oxygen atoms in total. The molecule has 134 valence electrons. The molecule has 0 heterocycles. The number of benzene rings is 2. The fourth-order valence-corrected chi connectivity index (χ4v) is 2.92. The Morgan fingerprint density at radius 1 is 0.920 bits per heavy atom. The lowest BCUT2D eigenvalue weighted by Crippen LogP contribution is -2.20. The van der Waals surface area contributed by atoms with E-state index in [-0.39, 0.29) is 22.4 Å². The number of carbonyl (C=O) groups is 1. The lowest BCUT2D eigenvalue weighted by molar-refractivity contribution is 0.103. The van der Waals surface area contributed by atoms with Crippen LogP contribution in [0.1, 0.15) is 68.6 Å². The highest BCUT2D eigenvalue weighted by Crippen LogP contribution is 2.41. The van der Waals surface area contributed by atoms with Crippen LogP contribution in [0, 0.1) is 0 Å². The van der Waals surface area contributed by atoms with Crippen LogP contribution in [0.4, 0.5) is 0 Å². The Hall–Kier alpha value is -2.29. The lowest BCUT2D eigenvalue weighted by atomic mass is 9.77. The number of methoxy groups -OCH3 is 1. The number of rotatable bonds is 3. The quantitative estimate of drug-likeness (QED) is 0.779. The van der Waals surface area contributed by atoms with Crippen LogP contribution in [0.5, 0.6) is 11.5 Å². The van der Waals surface area contributed by atoms with Gasteiger partial charge in [-0.05, 0) is 35.1 Å². The van der Waals surface area contributed by atoms with Crippen LogP contribution < -0.4 is 4.74 Å². The fraction of sp³-hybridized carbons (Fsp3) is 0.409. The molecule has 0 aliphatic carbocycles. The second-order valence-electron chi connectivity index (χ2n) is 8.45. The van der Waals surface area contributed by atoms with Crippen LogP contribution in [0.15, 0.2) is 36.4 Å². The van der Waals surface area contributed by atoms with E-state index in [1.165, 1.54) is 6.07 Å². The van der Waals surface area contributed by atoms with E-state index in [0.29, 0.717) is 11.1 Å². The molecule has 0 unspecified atom stereocenters. The smallest absolute Gasteiger partial charge is 0.196 e. The summed E-state index contributed by atoms with van der Waals surface area (Å²) in [6.45, 7) is 12.6. The lowest BCUT2D eigenvalue weighted by Gasteiger charge is -2.29. The number of phenolic OH excluding ortho intramolecular Hbond substituents is 1. The highest BCUT2D eigenvalue weighted by Gasteiger charge is 2.29. The zero-order valence-electron chi connectivity index (χ0n) is 16.2. The summed E-state index contributed by atoms with van der Waals surface area (Å²) in [5.74, 6) is 0.642. The number of aromatic hydroxyl groups is 1. The molecule has 0 amide bonds. The summed E-state index contributed by atoms with van der Waals surface area (Å²) in [6, 6.07) is 10.4. The molecular formula is C22H28O3. The van der Waals surface area contributed by atoms with E-state index in [2.05, 4.69) is 41.5 Å². The van der Waals surface area contributed by atoms with E-state index in [1.807, 2.05) is 12.1 Å². The highest BCUT2D eigenvalue weighted by molar-refractivity contribution is 6.11. The Morgan fingerprint density at radius 3 is 1.80 bits per heavy atom. The molecule has 2 aromatic rings. The molecular weight excluding hydrogens is 312 g/mol. The van der Waals surface area contributed by atoms with Crippen molar-refractivity contribution in [3.05, 3.63) is 58.7 Å². The van der Waals surface area contributed by atoms with Crippen molar-refractivity contribution in [1.82, 2.24) is 0 Å². The Kier molecular flexibility index (Phi) is 4.99. The Bertz CT molecular complexity index is 755. The first-order valence-electron chi connectivity index (χ1n) is 8.52. The van der Waals surface area contributed by atoms with Crippen LogP contribution in [-0.2, 0) is 10.8 Å². The molecule has 3 heteroatoms. The molecule has 0 aliphatic heterocycles. The Labute approximate surface area is 150 Å². The summed E-state index contributed by atoms with van der Waals surface area (Å²) < 4.78 is 5.73. The van der Waals surface area contributed by atoms with Crippen LogP contribution in [0.3, 0.4) is 0 Å². The van der Waals surface area contributed by atoms with Gasteiger partial charge in [0, 0.05) is 16.7 Å². The standard InChI is InChI=1S/C22H28O3/c1-21(2,3)16-12-14(13-17(20(16)25-7)22(4,5)6)19(24)15-10-8-9-11-18(15)23/h8-13,23H,1-7H3. The van der Waals surface area contributed by atoms with E-state index in [4.69, 9.17) is 4.74 Å². The minimum Gasteiger partial charge on any atom is -0.507 e. The minimum absolute atomic E-state index is 0.00191. The summed E-state index contributed by atoms with van der Waals surface area (Å²) in [6.07, 6.45) is 0. The first-order chi connectivity index (χ1) is 11.5. The van der Waals surface area contributed by atoms with E-state index >= 15 is 0 Å². The third-order valence-corrected chi connectivity index (χ3v) is 4.32. The van der Waals surface area contributed by atoms with Gasteiger partial charge in [-0.25, -0.2) is 0 Å². The van der Waals surface area contributed by atoms with Crippen molar-refractivity contribution in [3.63, 3.8) is 0 Å². The Morgan fingerprint density at radius 2 is 1.40 bits per heavy atom. The van der Waals surface area contributed by atoms with Gasteiger partial charge in [-0.1, -0.05) is 53.7 Å². The van der Waals surface area contributed by atoms with Crippen molar-refractivity contribution in [2.75, 3.05) is 7.11 Å². The van der Waals surface area contributed by atoms with Gasteiger partial charge in [0.25, 0.3) is 0 Å². The zero-order chi connectivity index (χ0) is 19.0. The normalized spacial score (nSPS) is 12.1. The Balaban J connectivity index is 2.76. The topological polar surface area (TPSA) is 46.5 Å². The van der Waals surface area contributed by atoms with Gasteiger partial charge in [-0.3, -0.25) is 4.79 Å². The van der Waals surface area contributed by atoms with Gasteiger partial charge in [0.2, 0.25) is 0 Å². The molecule has 0 bridgehead atoms. The van der Waals surface area contributed by atoms with E-state index in [1.54, 1.807) is 25.3 Å². The number of ketones is 1. The molecule has 0 atom stereocenters. The molecule has 25 heavy (non-hydrogen) atoms. The van der Waals surface area contributed by atoms with Crippen LogP contribution in [0.25, 0.3) is 0 Å². The van der Waals surface area contributed by atoms with Gasteiger partial charge in [0.1, 0.15) is 11.5 Å². The molecule has 0 fully saturated rings. The van der Waals surface area contributed by atoms with Gasteiger partial charge >= 0.3 is 0 Å². The zero-order valence-corrected chi connectivity index (χ0v) is 16.2. The minimum atomic E-state index is -0.184. The van der Waals surface area contributed by atoms with Crippen molar-refractivity contribution < 1.29 is 14.6 Å². The van der Waals surface area contributed by atoms with E-state index in [0.717, 1.165) is 16.9 Å². The van der Waals surface area contributed by atoms with Gasteiger partial charge in [0.15, 0.2) is 5.78 Å². The van der Waals surface area contributed by atoms with Gasteiger partial charge in [0.05, 0.1) is 12.7 Å². The highest BCUT2D eigenvalue weighted by atomic mass is 16.5. The second-order valence-corrected chi connectivity index (χ2v) is 8.45. The van der Waals surface area contributed by atoms with Gasteiger partial charge in [-0.2, -0.15) is 0 Å². The number of ether oxygens (including phenoxy) is 1. The first kappa shape index (κ1) is 19.0. The number of para-hydroxylation sites is 1. The summed E-state index contributed by atoms with van der Waals surface area (Å²) in [4.78, 5) is 13.0. The van der Waals surface area contributed by atoms with Crippen molar-refractivity contribution >= 4 is 5.78 Å². The van der Waals surface area contributed by atoms with Crippen molar-refractivity contribution in [3.8, 4) is 11.5 Å². The third kappa shape index (κ3) is 3.87. The first-order valence-corrected chi connectivity index (χ1v) is 8.52. The summed E-state index contributed by atoms with van der Waals surface area (Å²) in [7, 11) is 1.67. The molecule has 0 spiro atoms. The average molecular weight is 340 g/mol. The predicted octanol–water partition coefficient (Wildman–Crippen LogP) is 5.23. The van der Waals surface area contributed by atoms with Gasteiger partial charge in [-0.15, -0.1) is 0 Å². The third-order valence-electron chi connectivity index (χ3n) is 4.32. The van der Waals surface area contributed by atoms with Crippen LogP contribution in [0.2, 0.25) is 0 Å². The summed E-state index contributed by atoms with van der Waals surface area (Å²) in [5, 5.41) is 10.1. The molecule has 0 aliphatic rings. The van der Waals surface area contributed by atoms with Crippen LogP contribution >= 0.6 is 0 Å². The molecule has 2 aromatic carbocycles. The number of hydrogen-bond donors (Lipinski definition) is 1. The van der Waals surface area contributed by atoms with Crippen molar-refractivity contribution in [2.45, 2.75) is 52.4 Å². The largest absolute Gasteiger partial charge is 0.507 e. The predicted molar refractivity (Wildman–Crippen MR) is 102 cm³/mol. The maximum absolute atomic E-state index is 13.0. The van der Waals surface area contributed by atoms with E-state index < -0.39 is 0 Å². The fourth-order valence-electron chi connectivity index (χ4n) is 2.92. The summed E-state index contributed by atoms with van der Waals surface area (Å²) in [5.41, 5.74) is 2.49. The van der Waals surface area contributed by atoms with Crippen LogP contribution in [-0.4, -0.2) is 18.0 Å². The van der Waals surface area contributed by atoms with Gasteiger partial charge < -0.3 is 9.84 Å². The molecule has 1 N–H and O–H groups in total. The average Bonchev–Trinajstić information content (AvgIpc) is 2.51.